The van der Waals surface area contributed by atoms with Crippen molar-refractivity contribution in [3.63, 3.8) is 0 Å². The van der Waals surface area contributed by atoms with Gasteiger partial charge in [-0.25, -0.2) is 0 Å². The van der Waals surface area contributed by atoms with Crippen LogP contribution in [0.3, 0.4) is 0 Å². The summed E-state index contributed by atoms with van der Waals surface area (Å²) in [6, 6.07) is 5.25. The van der Waals surface area contributed by atoms with Crippen LogP contribution in [0.25, 0.3) is 0 Å². The van der Waals surface area contributed by atoms with Crippen molar-refractivity contribution in [3.8, 4) is 5.75 Å². The van der Waals surface area contributed by atoms with E-state index in [1.54, 1.807) is 27.7 Å². The second-order valence-electron chi connectivity index (χ2n) is 11.1. The van der Waals surface area contributed by atoms with Crippen molar-refractivity contribution in [2.24, 2.45) is 0 Å². The summed E-state index contributed by atoms with van der Waals surface area (Å²) in [5.41, 5.74) is 0.579. The third-order valence-electron chi connectivity index (χ3n) is 6.70. The molecule has 3 aliphatic rings. The number of hydrogen-bond acceptors (Lipinski definition) is 11. The Kier molecular flexibility index (Phi) is 8.50. The molecule has 3 fully saturated rings. The van der Waals surface area contributed by atoms with E-state index in [1.807, 2.05) is 0 Å². The molecule has 0 amide bonds. The number of halogens is 3. The first-order valence-electron chi connectivity index (χ1n) is 13.2. The molecule has 13 nitrogen and oxygen atoms in total. The van der Waals surface area contributed by atoms with Crippen LogP contribution in [-0.2, 0) is 46.3 Å². The van der Waals surface area contributed by atoms with Gasteiger partial charge in [0.25, 0.3) is 0 Å². The minimum Gasteiger partial charge on any atom is -0.406 e. The number of fused-ring (bicyclic) bond motifs is 3. The van der Waals surface area contributed by atoms with Crippen LogP contribution in [0.1, 0.15) is 33.3 Å². The van der Waals surface area contributed by atoms with E-state index in [0.29, 0.717) is 5.56 Å². The molecule has 0 spiro atoms. The first-order valence-corrected chi connectivity index (χ1v) is 13.2. The molecule has 1 aromatic heterocycles. The third-order valence-corrected chi connectivity index (χ3v) is 6.70. The molecule has 232 valence electrons. The maximum absolute atomic E-state index is 12.5. The standard InChI is InChI=1S/C26H32F3N3O10/c1-24(2)39-20-18(37-23-22(21(20)40-24)41-25(3,4)42-23)13-35-12-17(9-31-10-19(30-14-31)32(33)34)36-11-15-5-7-16(8-6-15)38-26(27,28)29/h5-8,10,14,17-18,20-23H,9,11-13H2,1-4H3/t17?,18-,20+,21+,22-,23-/m1/s1. The molecule has 1 unspecified atom stereocenters. The molecule has 3 saturated heterocycles. The lowest BCUT2D eigenvalue weighted by Gasteiger charge is -2.37. The fourth-order valence-corrected chi connectivity index (χ4v) is 5.08. The number of hydrogen-bond donors (Lipinski definition) is 0. The summed E-state index contributed by atoms with van der Waals surface area (Å²) in [7, 11) is 0. The summed E-state index contributed by atoms with van der Waals surface area (Å²) in [5, 5.41) is 11.1. The highest BCUT2D eigenvalue weighted by molar-refractivity contribution is 5.27. The predicted octanol–water partition coefficient (Wildman–Crippen LogP) is 3.69. The number of nitro groups is 1. The van der Waals surface area contributed by atoms with Gasteiger partial charge in [0.1, 0.15) is 36.4 Å². The van der Waals surface area contributed by atoms with Crippen LogP contribution in [0.4, 0.5) is 19.0 Å². The van der Waals surface area contributed by atoms with E-state index in [1.165, 1.54) is 41.4 Å². The van der Waals surface area contributed by atoms with Crippen LogP contribution in [0.2, 0.25) is 0 Å². The Morgan fingerprint density at radius 1 is 1.05 bits per heavy atom. The molecule has 0 radical (unpaired) electrons. The Morgan fingerprint density at radius 2 is 1.71 bits per heavy atom. The number of rotatable bonds is 11. The van der Waals surface area contributed by atoms with Crippen molar-refractivity contribution >= 4 is 5.82 Å². The summed E-state index contributed by atoms with van der Waals surface area (Å²) in [5.74, 6) is -2.42. The molecule has 42 heavy (non-hydrogen) atoms. The number of alkyl halides is 3. The number of aromatic nitrogens is 2. The van der Waals surface area contributed by atoms with Gasteiger partial charge in [0.05, 0.1) is 32.5 Å². The van der Waals surface area contributed by atoms with Crippen molar-refractivity contribution in [3.05, 3.63) is 52.5 Å². The minimum atomic E-state index is -4.80. The second-order valence-corrected chi connectivity index (χ2v) is 11.1. The smallest absolute Gasteiger partial charge is 0.406 e. The fraction of sp³-hybridized carbons (Fsp3) is 0.654. The Bertz CT molecular complexity index is 1240. The van der Waals surface area contributed by atoms with Crippen LogP contribution in [0, 0.1) is 10.1 Å². The molecule has 4 heterocycles. The molecule has 3 aliphatic heterocycles. The largest absolute Gasteiger partial charge is 0.573 e. The van der Waals surface area contributed by atoms with Crippen LogP contribution >= 0.6 is 0 Å². The van der Waals surface area contributed by atoms with Crippen molar-refractivity contribution in [2.45, 2.75) is 95.6 Å². The molecule has 0 bridgehead atoms. The molecular weight excluding hydrogens is 571 g/mol. The topological polar surface area (TPSA) is 135 Å². The highest BCUT2D eigenvalue weighted by atomic mass is 19.4. The normalized spacial score (nSPS) is 28.7. The van der Waals surface area contributed by atoms with Crippen molar-refractivity contribution in [1.29, 1.82) is 0 Å². The summed E-state index contributed by atoms with van der Waals surface area (Å²) >= 11 is 0. The second kappa shape index (κ2) is 11.7. The van der Waals surface area contributed by atoms with Gasteiger partial charge in [0.2, 0.25) is 6.33 Å². The number of ether oxygens (including phenoxy) is 8. The molecule has 6 atom stereocenters. The monoisotopic (exact) mass is 603 g/mol. The first-order chi connectivity index (χ1) is 19.7. The van der Waals surface area contributed by atoms with Crippen LogP contribution in [0.5, 0.6) is 5.75 Å². The maximum Gasteiger partial charge on any atom is 0.573 e. The Hall–Kier alpha value is -2.86. The summed E-state index contributed by atoms with van der Waals surface area (Å²) < 4.78 is 85.1. The molecule has 2 aromatic rings. The average molecular weight is 604 g/mol. The maximum atomic E-state index is 12.5. The van der Waals surface area contributed by atoms with E-state index in [0.717, 1.165) is 0 Å². The molecule has 16 heteroatoms. The zero-order valence-electron chi connectivity index (χ0n) is 23.3. The van der Waals surface area contributed by atoms with E-state index >= 15 is 0 Å². The predicted molar refractivity (Wildman–Crippen MR) is 134 cm³/mol. The highest BCUT2D eigenvalue weighted by Gasteiger charge is 2.60. The van der Waals surface area contributed by atoms with E-state index < -0.39 is 59.7 Å². The van der Waals surface area contributed by atoms with Gasteiger partial charge in [0, 0.05) is 0 Å². The zero-order chi connectivity index (χ0) is 30.3. The molecule has 1 aromatic carbocycles. The van der Waals surface area contributed by atoms with E-state index in [9.17, 15) is 23.3 Å². The van der Waals surface area contributed by atoms with Crippen molar-refractivity contribution in [2.75, 3.05) is 13.2 Å². The van der Waals surface area contributed by atoms with Gasteiger partial charge in [-0.3, -0.25) is 0 Å². The highest BCUT2D eigenvalue weighted by Crippen LogP contribution is 2.44. The van der Waals surface area contributed by atoms with Crippen molar-refractivity contribution in [1.82, 2.24) is 9.55 Å². The number of benzene rings is 1. The lowest BCUT2D eigenvalue weighted by molar-refractivity contribution is -0.389. The summed E-state index contributed by atoms with van der Waals surface area (Å²) in [6.07, 6.45) is -5.53. The molecule has 0 N–H and O–H groups in total. The van der Waals surface area contributed by atoms with Gasteiger partial charge >= 0.3 is 12.2 Å². The van der Waals surface area contributed by atoms with E-state index in [-0.39, 0.29) is 37.9 Å². The van der Waals surface area contributed by atoms with Gasteiger partial charge in [-0.15, -0.1) is 13.2 Å². The summed E-state index contributed by atoms with van der Waals surface area (Å²) in [4.78, 5) is 14.2. The molecule has 5 rings (SSSR count). The SMILES string of the molecule is CC1(C)O[C@H]2[C@@H](O1)[C@@H](COCC(Cn1cnc([N+](=O)[O-])c1)OCc1ccc(OC(F)(F)F)cc1)O[C@@H]1OC(C)(C)O[C@@H]12. The zero-order valence-corrected chi connectivity index (χ0v) is 23.3. The Labute approximate surface area is 238 Å². The Balaban J connectivity index is 1.22. The minimum absolute atomic E-state index is 0.0247. The average Bonchev–Trinajstić information content (AvgIpc) is 3.56. The lowest BCUT2D eigenvalue weighted by Crippen LogP contribution is -2.56. The van der Waals surface area contributed by atoms with Gasteiger partial charge in [-0.05, 0) is 55.3 Å². The lowest BCUT2D eigenvalue weighted by atomic mass is 9.99. The molecule has 0 aliphatic carbocycles. The van der Waals surface area contributed by atoms with Crippen molar-refractivity contribution < 1.29 is 56.0 Å². The van der Waals surface area contributed by atoms with Gasteiger partial charge < -0.3 is 52.6 Å². The molecular formula is C26H32F3N3O10. The molecule has 0 saturated carbocycles. The first kappa shape index (κ1) is 30.6. The Morgan fingerprint density at radius 3 is 2.38 bits per heavy atom. The van der Waals surface area contributed by atoms with E-state index in [4.69, 9.17) is 33.2 Å². The fourth-order valence-electron chi connectivity index (χ4n) is 5.08. The quantitative estimate of drug-likeness (QED) is 0.275. The van der Waals surface area contributed by atoms with Crippen LogP contribution in [0.15, 0.2) is 36.8 Å². The van der Waals surface area contributed by atoms with Gasteiger partial charge in [-0.2, -0.15) is 0 Å². The van der Waals surface area contributed by atoms with E-state index in [2.05, 4.69) is 9.72 Å². The van der Waals surface area contributed by atoms with Crippen LogP contribution in [-0.4, -0.2) is 82.4 Å². The van der Waals surface area contributed by atoms with Gasteiger partial charge in [0.15, 0.2) is 17.9 Å². The van der Waals surface area contributed by atoms with Crippen LogP contribution < -0.4 is 4.74 Å². The third kappa shape index (κ3) is 7.55. The van der Waals surface area contributed by atoms with Gasteiger partial charge in [-0.1, -0.05) is 12.1 Å². The number of nitrogens with zero attached hydrogens (tertiary/aromatic N) is 3. The number of imidazole rings is 1. The summed E-state index contributed by atoms with van der Waals surface area (Å²) in [6.45, 7) is 7.48.